The Bertz CT molecular complexity index is 746. The van der Waals surface area contributed by atoms with E-state index < -0.39 is 23.2 Å². The maximum atomic E-state index is 12.5. The molecule has 2 fully saturated rings. The molecule has 27 heavy (non-hydrogen) atoms. The number of urea groups is 1. The van der Waals surface area contributed by atoms with E-state index in [1.807, 2.05) is 20.8 Å². The number of carbonyl (C=O) groups excluding carboxylic acids is 2. The molecule has 2 N–H and O–H groups in total. The molecule has 8 heteroatoms. The lowest BCUT2D eigenvalue weighted by Crippen LogP contribution is -2.53. The number of rotatable bonds is 2. The SMILES string of the molecule is CC(C)(C)OC(=O)c1ccc(N2CC3(CCN(C(=O)O)CC3)NC2=O)cc1. The number of hydrogen-bond donors (Lipinski definition) is 2. The van der Waals surface area contributed by atoms with Crippen LogP contribution in [-0.2, 0) is 4.74 Å². The fourth-order valence-corrected chi connectivity index (χ4v) is 3.44. The largest absolute Gasteiger partial charge is 0.465 e. The number of nitrogens with zero attached hydrogens (tertiary/aromatic N) is 2. The van der Waals surface area contributed by atoms with E-state index in [-0.39, 0.29) is 6.03 Å². The fourth-order valence-electron chi connectivity index (χ4n) is 3.44. The van der Waals surface area contributed by atoms with Crippen molar-refractivity contribution in [2.45, 2.75) is 44.8 Å². The first-order valence-corrected chi connectivity index (χ1v) is 9.00. The number of carboxylic acid groups (broad SMARTS) is 1. The molecule has 0 bridgehead atoms. The van der Waals surface area contributed by atoms with E-state index >= 15 is 0 Å². The van der Waals surface area contributed by atoms with Gasteiger partial charge in [-0.1, -0.05) is 0 Å². The molecular formula is C19H25N3O5. The number of nitrogens with one attached hydrogen (secondary N) is 1. The van der Waals surface area contributed by atoms with Crippen molar-refractivity contribution in [2.24, 2.45) is 0 Å². The molecule has 0 atom stereocenters. The van der Waals surface area contributed by atoms with Crippen LogP contribution in [0.5, 0.6) is 0 Å². The minimum Gasteiger partial charge on any atom is -0.465 e. The van der Waals surface area contributed by atoms with E-state index in [0.717, 1.165) is 0 Å². The monoisotopic (exact) mass is 375 g/mol. The van der Waals surface area contributed by atoms with Gasteiger partial charge in [-0.2, -0.15) is 0 Å². The predicted octanol–water partition coefficient (Wildman–Crippen LogP) is 2.68. The average Bonchev–Trinajstić information content (AvgIpc) is 2.90. The summed E-state index contributed by atoms with van der Waals surface area (Å²) < 4.78 is 5.35. The van der Waals surface area contributed by atoms with Crippen LogP contribution < -0.4 is 10.2 Å². The number of amides is 3. The minimum absolute atomic E-state index is 0.205. The molecule has 0 unspecified atom stereocenters. The molecular weight excluding hydrogens is 350 g/mol. The molecule has 0 aromatic heterocycles. The van der Waals surface area contributed by atoms with Gasteiger partial charge in [0.2, 0.25) is 0 Å². The number of esters is 1. The van der Waals surface area contributed by atoms with Gasteiger partial charge >= 0.3 is 18.1 Å². The van der Waals surface area contributed by atoms with Crippen LogP contribution in [0.2, 0.25) is 0 Å². The first-order valence-electron chi connectivity index (χ1n) is 9.00. The molecule has 8 nitrogen and oxygen atoms in total. The van der Waals surface area contributed by atoms with Crippen molar-refractivity contribution in [1.29, 1.82) is 0 Å². The van der Waals surface area contributed by atoms with Crippen molar-refractivity contribution < 1.29 is 24.2 Å². The van der Waals surface area contributed by atoms with Crippen LogP contribution >= 0.6 is 0 Å². The maximum absolute atomic E-state index is 12.5. The number of piperidine rings is 1. The highest BCUT2D eigenvalue weighted by Crippen LogP contribution is 2.31. The second kappa shape index (κ2) is 6.75. The van der Waals surface area contributed by atoms with Gasteiger partial charge in [-0.25, -0.2) is 14.4 Å². The van der Waals surface area contributed by atoms with Gasteiger partial charge in [0.1, 0.15) is 5.60 Å². The van der Waals surface area contributed by atoms with Crippen LogP contribution in [-0.4, -0.2) is 58.9 Å². The van der Waals surface area contributed by atoms with Crippen LogP contribution in [0.4, 0.5) is 15.3 Å². The summed E-state index contributed by atoms with van der Waals surface area (Å²) in [6, 6.07) is 6.54. The number of ether oxygens (including phenoxy) is 1. The van der Waals surface area contributed by atoms with Crippen LogP contribution in [0.3, 0.4) is 0 Å². The van der Waals surface area contributed by atoms with Gasteiger partial charge in [0, 0.05) is 18.8 Å². The zero-order valence-electron chi connectivity index (χ0n) is 15.8. The Labute approximate surface area is 158 Å². The molecule has 146 valence electrons. The third kappa shape index (κ3) is 4.15. The summed E-state index contributed by atoms with van der Waals surface area (Å²) in [4.78, 5) is 38.7. The fraction of sp³-hybridized carbons (Fsp3) is 0.526. The Kier molecular flexibility index (Phi) is 4.75. The molecule has 2 aliphatic heterocycles. The van der Waals surface area contributed by atoms with E-state index in [1.165, 1.54) is 4.90 Å². The Hall–Kier alpha value is -2.77. The van der Waals surface area contributed by atoms with Crippen LogP contribution in [0, 0.1) is 0 Å². The van der Waals surface area contributed by atoms with Crippen LogP contribution in [0.25, 0.3) is 0 Å². The molecule has 2 aliphatic rings. The van der Waals surface area contributed by atoms with Gasteiger partial charge < -0.3 is 20.1 Å². The maximum Gasteiger partial charge on any atom is 0.407 e. The number of likely N-dealkylation sites (tertiary alicyclic amines) is 1. The normalized spacial score (nSPS) is 19.1. The van der Waals surface area contributed by atoms with Crippen LogP contribution in [0.1, 0.15) is 44.0 Å². The van der Waals surface area contributed by atoms with E-state index in [2.05, 4.69) is 5.32 Å². The number of hydrogen-bond acceptors (Lipinski definition) is 4. The van der Waals surface area contributed by atoms with Gasteiger partial charge in [-0.3, -0.25) is 4.90 Å². The van der Waals surface area contributed by atoms with Gasteiger partial charge in [0.25, 0.3) is 0 Å². The number of anilines is 1. The second-order valence-corrected chi connectivity index (χ2v) is 8.12. The zero-order chi connectivity index (χ0) is 19.8. The molecule has 1 aromatic rings. The molecule has 0 aliphatic carbocycles. The molecule has 3 amide bonds. The standard InChI is InChI=1S/C19H25N3O5/c1-18(2,3)27-15(23)13-4-6-14(7-5-13)22-12-19(20-16(22)24)8-10-21(11-9-19)17(25)26/h4-7H,8-12H2,1-3H3,(H,20,24)(H,25,26). The molecule has 0 radical (unpaired) electrons. The van der Waals surface area contributed by atoms with Crippen molar-refractivity contribution in [1.82, 2.24) is 10.2 Å². The smallest absolute Gasteiger partial charge is 0.407 e. The summed E-state index contributed by atoms with van der Waals surface area (Å²) >= 11 is 0. The summed E-state index contributed by atoms with van der Waals surface area (Å²) in [5.74, 6) is -0.405. The molecule has 2 saturated heterocycles. The molecule has 2 heterocycles. The van der Waals surface area contributed by atoms with Gasteiger partial charge in [-0.15, -0.1) is 0 Å². The third-order valence-electron chi connectivity index (χ3n) is 4.88. The van der Waals surface area contributed by atoms with Crippen LogP contribution in [0.15, 0.2) is 24.3 Å². The minimum atomic E-state index is -0.927. The molecule has 0 saturated carbocycles. The third-order valence-corrected chi connectivity index (χ3v) is 4.88. The molecule has 1 spiro atoms. The summed E-state index contributed by atoms with van der Waals surface area (Å²) in [6.45, 7) is 6.71. The van der Waals surface area contributed by atoms with Crippen molar-refractivity contribution in [2.75, 3.05) is 24.5 Å². The van der Waals surface area contributed by atoms with Crippen molar-refractivity contribution in [3.05, 3.63) is 29.8 Å². The predicted molar refractivity (Wildman–Crippen MR) is 99.1 cm³/mol. The summed E-state index contributed by atoms with van der Waals surface area (Å²) in [7, 11) is 0. The first-order chi connectivity index (χ1) is 12.6. The topological polar surface area (TPSA) is 99.2 Å². The van der Waals surface area contributed by atoms with Crippen molar-refractivity contribution >= 4 is 23.8 Å². The van der Waals surface area contributed by atoms with E-state index in [1.54, 1.807) is 29.2 Å². The second-order valence-electron chi connectivity index (χ2n) is 8.12. The zero-order valence-corrected chi connectivity index (χ0v) is 15.8. The van der Waals surface area contributed by atoms with Crippen molar-refractivity contribution in [3.8, 4) is 0 Å². The lowest BCUT2D eigenvalue weighted by atomic mass is 9.88. The quantitative estimate of drug-likeness (QED) is 0.774. The van der Waals surface area contributed by atoms with Gasteiger partial charge in [0.15, 0.2) is 0 Å². The Morgan fingerprint density at radius 1 is 1.15 bits per heavy atom. The Morgan fingerprint density at radius 2 is 1.74 bits per heavy atom. The highest BCUT2D eigenvalue weighted by atomic mass is 16.6. The highest BCUT2D eigenvalue weighted by molar-refractivity contribution is 5.96. The van der Waals surface area contributed by atoms with E-state index in [0.29, 0.717) is 43.7 Å². The van der Waals surface area contributed by atoms with E-state index in [9.17, 15) is 14.4 Å². The number of benzene rings is 1. The summed E-state index contributed by atoms with van der Waals surface area (Å²) in [5.41, 5.74) is 0.143. The van der Waals surface area contributed by atoms with Crippen molar-refractivity contribution in [3.63, 3.8) is 0 Å². The first kappa shape index (κ1) is 19.0. The summed E-state index contributed by atoms with van der Waals surface area (Å²) in [5, 5.41) is 12.1. The van der Waals surface area contributed by atoms with Gasteiger partial charge in [0.05, 0.1) is 17.6 Å². The Morgan fingerprint density at radius 3 is 2.26 bits per heavy atom. The van der Waals surface area contributed by atoms with E-state index in [4.69, 9.17) is 9.84 Å². The molecule has 1 aromatic carbocycles. The average molecular weight is 375 g/mol. The summed E-state index contributed by atoms with van der Waals surface area (Å²) in [6.07, 6.45) is 0.235. The highest BCUT2D eigenvalue weighted by Gasteiger charge is 2.45. The number of carbonyl (C=O) groups is 3. The Balaban J connectivity index is 1.68. The van der Waals surface area contributed by atoms with Gasteiger partial charge in [-0.05, 0) is 57.9 Å². The lowest BCUT2D eigenvalue weighted by molar-refractivity contribution is 0.00694. The molecule has 3 rings (SSSR count). The lowest BCUT2D eigenvalue weighted by Gasteiger charge is -2.37.